The molecule has 4 rings (SSSR count). The summed E-state index contributed by atoms with van der Waals surface area (Å²) >= 11 is 3.50. The van der Waals surface area contributed by atoms with Crippen molar-refractivity contribution < 1.29 is 13.9 Å². The maximum Gasteiger partial charge on any atom is 0.231 e. The molecule has 0 saturated carbocycles. The molecular weight excluding hydrogens is 418 g/mol. The van der Waals surface area contributed by atoms with Gasteiger partial charge in [0.25, 0.3) is 0 Å². The molecular formula is C23H28BrNO3. The lowest BCUT2D eigenvalue weighted by atomic mass is 9.71. The normalized spacial score (nSPS) is 23.1. The van der Waals surface area contributed by atoms with Gasteiger partial charge in [-0.05, 0) is 55.4 Å². The first-order valence-electron chi connectivity index (χ1n) is 10.0. The van der Waals surface area contributed by atoms with E-state index in [0.29, 0.717) is 26.1 Å². The maximum atomic E-state index is 13.7. The molecule has 1 N–H and O–H groups in total. The van der Waals surface area contributed by atoms with Crippen LogP contribution >= 0.6 is 15.9 Å². The van der Waals surface area contributed by atoms with Crippen LogP contribution in [0.4, 0.5) is 0 Å². The van der Waals surface area contributed by atoms with E-state index >= 15 is 0 Å². The third-order valence-corrected chi connectivity index (χ3v) is 6.75. The molecule has 1 aliphatic heterocycles. The van der Waals surface area contributed by atoms with Crippen LogP contribution in [0, 0.1) is 12.3 Å². The first-order chi connectivity index (χ1) is 13.3. The maximum absolute atomic E-state index is 13.7. The van der Waals surface area contributed by atoms with E-state index in [4.69, 9.17) is 9.15 Å². The summed E-state index contributed by atoms with van der Waals surface area (Å²) in [4.78, 5) is 13.7. The molecule has 1 atom stereocenters. The Hall–Kier alpha value is -1.59. The predicted molar refractivity (Wildman–Crippen MR) is 112 cm³/mol. The molecule has 0 radical (unpaired) electrons. The van der Waals surface area contributed by atoms with Crippen LogP contribution in [0.5, 0.6) is 0 Å². The number of fused-ring (bicyclic) bond motifs is 1. The molecule has 150 valence electrons. The zero-order valence-electron chi connectivity index (χ0n) is 16.8. The summed E-state index contributed by atoms with van der Waals surface area (Å²) in [6.07, 6.45) is 3.23. The molecule has 1 unspecified atom stereocenters. The highest BCUT2D eigenvalue weighted by Gasteiger charge is 2.44. The highest BCUT2D eigenvalue weighted by Crippen LogP contribution is 2.43. The van der Waals surface area contributed by atoms with Crippen molar-refractivity contribution in [2.45, 2.75) is 57.9 Å². The lowest BCUT2D eigenvalue weighted by Crippen LogP contribution is -2.50. The van der Waals surface area contributed by atoms with Crippen LogP contribution in [0.1, 0.15) is 61.8 Å². The van der Waals surface area contributed by atoms with Crippen LogP contribution in [0.15, 0.2) is 39.2 Å². The average molecular weight is 446 g/mol. The van der Waals surface area contributed by atoms with Gasteiger partial charge in [-0.2, -0.15) is 0 Å². The fraction of sp³-hybridized carbons (Fsp3) is 0.522. The minimum absolute atomic E-state index is 0.0149. The number of benzene rings is 1. The zero-order valence-corrected chi connectivity index (χ0v) is 18.4. The molecule has 0 bridgehead atoms. The van der Waals surface area contributed by atoms with Crippen molar-refractivity contribution in [3.05, 3.63) is 57.5 Å². The Balaban J connectivity index is 1.66. The van der Waals surface area contributed by atoms with Crippen molar-refractivity contribution in [2.24, 2.45) is 5.41 Å². The summed E-state index contributed by atoms with van der Waals surface area (Å²) in [7, 11) is 0. The van der Waals surface area contributed by atoms with E-state index in [1.165, 1.54) is 0 Å². The molecule has 1 saturated heterocycles. The Labute approximate surface area is 175 Å². The van der Waals surface area contributed by atoms with E-state index in [9.17, 15) is 4.79 Å². The molecule has 4 nitrogen and oxygen atoms in total. The van der Waals surface area contributed by atoms with Crippen molar-refractivity contribution in [1.29, 1.82) is 0 Å². The number of carbonyl (C=O) groups excluding carboxylic acids is 1. The highest BCUT2D eigenvalue weighted by molar-refractivity contribution is 9.10. The summed E-state index contributed by atoms with van der Waals surface area (Å²) in [5.74, 6) is 2.03. The number of amides is 1. The van der Waals surface area contributed by atoms with Crippen molar-refractivity contribution in [3.8, 4) is 0 Å². The van der Waals surface area contributed by atoms with E-state index in [-0.39, 0.29) is 17.4 Å². The number of furan rings is 1. The van der Waals surface area contributed by atoms with Gasteiger partial charge in [0.05, 0.1) is 11.5 Å². The molecule has 5 heteroatoms. The molecule has 1 aromatic carbocycles. The standard InChI is InChI=1S/C23H28BrNO3/c1-15-12-18-19(13-22(2,3)14-20(18)28-15)25-21(26)23(8-10-27-11-9-23)16-4-6-17(24)7-5-16/h4-7,12,19H,8-11,13-14H2,1-3H3,(H,25,26). The third kappa shape index (κ3) is 3.67. The molecule has 2 heterocycles. The first-order valence-corrected chi connectivity index (χ1v) is 10.8. The summed E-state index contributed by atoms with van der Waals surface area (Å²) < 4.78 is 12.6. The SMILES string of the molecule is Cc1cc2c(o1)CC(C)(C)CC2NC(=O)C1(c2ccc(Br)cc2)CCOCC1. The summed E-state index contributed by atoms with van der Waals surface area (Å²) in [5, 5.41) is 3.40. The molecule has 2 aromatic rings. The smallest absolute Gasteiger partial charge is 0.231 e. The van der Waals surface area contributed by atoms with Crippen LogP contribution < -0.4 is 5.32 Å². The number of hydrogen-bond donors (Lipinski definition) is 1. The molecule has 1 aliphatic carbocycles. The Kier molecular flexibility index (Phi) is 5.17. The molecule has 0 spiro atoms. The van der Waals surface area contributed by atoms with Gasteiger partial charge >= 0.3 is 0 Å². The van der Waals surface area contributed by atoms with Crippen LogP contribution in [-0.4, -0.2) is 19.1 Å². The lowest BCUT2D eigenvalue weighted by Gasteiger charge is -2.40. The Bertz CT molecular complexity index is 862. The van der Waals surface area contributed by atoms with Gasteiger partial charge in [0.1, 0.15) is 11.5 Å². The van der Waals surface area contributed by atoms with Crippen LogP contribution in [0.25, 0.3) is 0 Å². The van der Waals surface area contributed by atoms with E-state index in [0.717, 1.165) is 40.0 Å². The van der Waals surface area contributed by atoms with Gasteiger partial charge in [0, 0.05) is 29.7 Å². The monoisotopic (exact) mass is 445 g/mol. The number of carbonyl (C=O) groups is 1. The van der Waals surface area contributed by atoms with Gasteiger partial charge < -0.3 is 14.5 Å². The highest BCUT2D eigenvalue weighted by atomic mass is 79.9. The van der Waals surface area contributed by atoms with E-state index in [1.807, 2.05) is 19.1 Å². The molecule has 1 fully saturated rings. The summed E-state index contributed by atoms with van der Waals surface area (Å²) in [6.45, 7) is 7.68. The van der Waals surface area contributed by atoms with Gasteiger partial charge in [0.2, 0.25) is 5.91 Å². The van der Waals surface area contributed by atoms with Crippen molar-refractivity contribution in [3.63, 3.8) is 0 Å². The van der Waals surface area contributed by atoms with E-state index in [2.05, 4.69) is 53.3 Å². The number of rotatable bonds is 3. The second-order valence-corrected chi connectivity index (χ2v) is 9.92. The predicted octanol–water partition coefficient (Wildman–Crippen LogP) is 5.23. The quantitative estimate of drug-likeness (QED) is 0.703. The van der Waals surface area contributed by atoms with Gasteiger partial charge in [0.15, 0.2) is 0 Å². The Morgan fingerprint density at radius 2 is 1.86 bits per heavy atom. The van der Waals surface area contributed by atoms with E-state index in [1.54, 1.807) is 0 Å². The van der Waals surface area contributed by atoms with Crippen molar-refractivity contribution in [2.75, 3.05) is 13.2 Å². The first kappa shape index (κ1) is 19.7. The topological polar surface area (TPSA) is 51.5 Å². The largest absolute Gasteiger partial charge is 0.466 e. The molecule has 1 amide bonds. The zero-order chi connectivity index (χ0) is 19.9. The molecule has 1 aromatic heterocycles. The number of ether oxygens (including phenoxy) is 1. The summed E-state index contributed by atoms with van der Waals surface area (Å²) in [5.41, 5.74) is 1.76. The van der Waals surface area contributed by atoms with Gasteiger partial charge in [-0.1, -0.05) is 41.9 Å². The van der Waals surface area contributed by atoms with Crippen LogP contribution in [0.3, 0.4) is 0 Å². The molecule has 2 aliphatic rings. The van der Waals surface area contributed by atoms with Gasteiger partial charge in [-0.25, -0.2) is 0 Å². The number of halogens is 1. The number of aryl methyl sites for hydroxylation is 1. The lowest BCUT2D eigenvalue weighted by molar-refractivity contribution is -0.131. The number of nitrogens with one attached hydrogen (secondary N) is 1. The van der Waals surface area contributed by atoms with Gasteiger partial charge in [-0.3, -0.25) is 4.79 Å². The van der Waals surface area contributed by atoms with E-state index < -0.39 is 5.41 Å². The molecule has 28 heavy (non-hydrogen) atoms. The minimum atomic E-state index is -0.542. The number of hydrogen-bond acceptors (Lipinski definition) is 3. The Morgan fingerprint density at radius 1 is 1.18 bits per heavy atom. The van der Waals surface area contributed by atoms with Crippen LogP contribution in [0.2, 0.25) is 0 Å². The second kappa shape index (κ2) is 7.34. The average Bonchev–Trinajstić information content (AvgIpc) is 3.02. The second-order valence-electron chi connectivity index (χ2n) is 9.01. The van der Waals surface area contributed by atoms with Crippen LogP contribution in [-0.2, 0) is 21.4 Å². The Morgan fingerprint density at radius 3 is 2.54 bits per heavy atom. The summed E-state index contributed by atoms with van der Waals surface area (Å²) in [6, 6.07) is 10.2. The van der Waals surface area contributed by atoms with Crippen molar-refractivity contribution >= 4 is 21.8 Å². The fourth-order valence-electron chi connectivity index (χ4n) is 4.75. The van der Waals surface area contributed by atoms with Crippen molar-refractivity contribution in [1.82, 2.24) is 5.32 Å². The third-order valence-electron chi connectivity index (χ3n) is 6.22. The van der Waals surface area contributed by atoms with Gasteiger partial charge in [-0.15, -0.1) is 0 Å². The minimum Gasteiger partial charge on any atom is -0.466 e. The fourth-order valence-corrected chi connectivity index (χ4v) is 5.01.